The zero-order valence-corrected chi connectivity index (χ0v) is 16.7. The lowest BCUT2D eigenvalue weighted by Crippen LogP contribution is -2.45. The van der Waals surface area contributed by atoms with E-state index in [1.165, 1.54) is 31.7 Å². The molecule has 1 N–H and O–H groups in total. The van der Waals surface area contributed by atoms with Gasteiger partial charge >= 0.3 is 6.03 Å². The van der Waals surface area contributed by atoms with Crippen LogP contribution in [0.25, 0.3) is 0 Å². The van der Waals surface area contributed by atoms with Crippen LogP contribution in [-0.4, -0.2) is 49.8 Å². The Morgan fingerprint density at radius 3 is 2.56 bits per heavy atom. The van der Waals surface area contributed by atoms with Crippen molar-refractivity contribution in [1.29, 1.82) is 0 Å². The molecule has 6 heteroatoms. The number of nitrogens with zero attached hydrogens (tertiary/aromatic N) is 2. The Labute approximate surface area is 161 Å². The van der Waals surface area contributed by atoms with Gasteiger partial charge in [0.05, 0.1) is 17.9 Å². The fourth-order valence-electron chi connectivity index (χ4n) is 4.27. The summed E-state index contributed by atoms with van der Waals surface area (Å²) >= 11 is 0. The van der Waals surface area contributed by atoms with Crippen molar-refractivity contribution in [3.63, 3.8) is 0 Å². The highest BCUT2D eigenvalue weighted by molar-refractivity contribution is 5.73. The van der Waals surface area contributed by atoms with E-state index in [2.05, 4.69) is 5.32 Å². The summed E-state index contributed by atoms with van der Waals surface area (Å²) in [6, 6.07) is 5.13. The lowest BCUT2D eigenvalue weighted by atomic mass is 10.1. The number of carbonyl (C=O) groups excluding carboxylic acids is 1. The normalized spacial score (nSPS) is 23.5. The monoisotopic (exact) mass is 377 g/mol. The molecule has 5 nitrogen and oxygen atoms in total. The van der Waals surface area contributed by atoms with Crippen molar-refractivity contribution in [1.82, 2.24) is 10.2 Å². The molecule has 0 bridgehead atoms. The number of anilines is 1. The number of halogens is 1. The number of morpholine rings is 1. The molecule has 2 amide bonds. The molecule has 2 atom stereocenters. The first kappa shape index (κ1) is 19.9. The largest absolute Gasteiger partial charge is 0.372 e. The Morgan fingerprint density at radius 2 is 1.93 bits per heavy atom. The van der Waals surface area contributed by atoms with Gasteiger partial charge in [0.15, 0.2) is 0 Å². The van der Waals surface area contributed by atoms with Gasteiger partial charge in [-0.05, 0) is 50.3 Å². The summed E-state index contributed by atoms with van der Waals surface area (Å²) in [4.78, 5) is 16.1. The fraction of sp³-hybridized carbons (Fsp3) is 0.667. The van der Waals surface area contributed by atoms with Gasteiger partial charge in [0, 0.05) is 33.2 Å². The number of rotatable bonds is 5. The Morgan fingerprint density at radius 1 is 1.26 bits per heavy atom. The van der Waals surface area contributed by atoms with Gasteiger partial charge in [-0.15, -0.1) is 0 Å². The van der Waals surface area contributed by atoms with Gasteiger partial charge in [-0.25, -0.2) is 9.18 Å². The maximum atomic E-state index is 14.6. The molecule has 0 spiro atoms. The van der Waals surface area contributed by atoms with Crippen LogP contribution in [0, 0.1) is 11.7 Å². The van der Waals surface area contributed by atoms with Crippen LogP contribution >= 0.6 is 0 Å². The number of benzene rings is 1. The van der Waals surface area contributed by atoms with E-state index in [4.69, 9.17) is 4.74 Å². The molecule has 1 aromatic carbocycles. The van der Waals surface area contributed by atoms with Crippen molar-refractivity contribution in [2.75, 3.05) is 31.6 Å². The zero-order valence-electron chi connectivity index (χ0n) is 16.7. The highest BCUT2D eigenvalue weighted by atomic mass is 19.1. The highest BCUT2D eigenvalue weighted by Crippen LogP contribution is 2.26. The molecule has 0 aromatic heterocycles. The van der Waals surface area contributed by atoms with Gasteiger partial charge in [-0.3, -0.25) is 0 Å². The maximum absolute atomic E-state index is 14.6. The second-order valence-corrected chi connectivity index (χ2v) is 8.14. The molecule has 2 fully saturated rings. The van der Waals surface area contributed by atoms with Crippen LogP contribution in [0.1, 0.15) is 45.1 Å². The van der Waals surface area contributed by atoms with E-state index in [-0.39, 0.29) is 24.1 Å². The first-order valence-corrected chi connectivity index (χ1v) is 10.1. The summed E-state index contributed by atoms with van der Waals surface area (Å²) in [6.45, 7) is 6.51. The van der Waals surface area contributed by atoms with Crippen LogP contribution in [0.3, 0.4) is 0 Å². The van der Waals surface area contributed by atoms with Crippen molar-refractivity contribution < 1.29 is 13.9 Å². The Bertz CT molecular complexity index is 638. The maximum Gasteiger partial charge on any atom is 0.317 e. The van der Waals surface area contributed by atoms with E-state index in [0.29, 0.717) is 31.2 Å². The van der Waals surface area contributed by atoms with Gasteiger partial charge in [0.1, 0.15) is 5.82 Å². The van der Waals surface area contributed by atoms with E-state index in [1.54, 1.807) is 4.90 Å². The minimum atomic E-state index is -0.248. The van der Waals surface area contributed by atoms with Gasteiger partial charge in [0.2, 0.25) is 0 Å². The summed E-state index contributed by atoms with van der Waals surface area (Å²) in [5.41, 5.74) is 1.37. The van der Waals surface area contributed by atoms with Crippen LogP contribution < -0.4 is 10.2 Å². The summed E-state index contributed by atoms with van der Waals surface area (Å²) in [7, 11) is 1.83. The summed E-state index contributed by atoms with van der Waals surface area (Å²) in [5, 5.41) is 2.90. The quantitative estimate of drug-likeness (QED) is 0.850. The predicted octanol–water partition coefficient (Wildman–Crippen LogP) is 3.77. The van der Waals surface area contributed by atoms with Crippen molar-refractivity contribution in [2.45, 2.75) is 58.3 Å². The van der Waals surface area contributed by atoms with Crippen LogP contribution in [0.15, 0.2) is 18.2 Å². The summed E-state index contributed by atoms with van der Waals surface area (Å²) in [5.74, 6) is 0.373. The van der Waals surface area contributed by atoms with E-state index in [9.17, 15) is 9.18 Å². The van der Waals surface area contributed by atoms with Crippen LogP contribution in [0.4, 0.5) is 14.9 Å². The molecule has 1 aliphatic heterocycles. The number of amides is 2. The number of nitrogens with one attached hydrogen (secondary N) is 1. The second-order valence-electron chi connectivity index (χ2n) is 8.14. The smallest absolute Gasteiger partial charge is 0.317 e. The molecule has 1 aliphatic carbocycles. The molecule has 1 heterocycles. The molecule has 27 heavy (non-hydrogen) atoms. The third-order valence-electron chi connectivity index (χ3n) is 5.57. The first-order valence-electron chi connectivity index (χ1n) is 10.1. The van der Waals surface area contributed by atoms with E-state index in [0.717, 1.165) is 12.1 Å². The Hall–Kier alpha value is -1.82. The van der Waals surface area contributed by atoms with Gasteiger partial charge in [-0.2, -0.15) is 0 Å². The lowest BCUT2D eigenvalue weighted by molar-refractivity contribution is -0.00539. The fourth-order valence-corrected chi connectivity index (χ4v) is 4.27. The van der Waals surface area contributed by atoms with Crippen molar-refractivity contribution >= 4 is 11.7 Å². The average Bonchev–Trinajstić information content (AvgIpc) is 3.11. The number of carbonyl (C=O) groups is 1. The molecule has 1 aromatic rings. The Balaban J connectivity index is 1.53. The van der Waals surface area contributed by atoms with Crippen molar-refractivity contribution in [2.24, 2.45) is 5.92 Å². The second kappa shape index (κ2) is 8.91. The van der Waals surface area contributed by atoms with Gasteiger partial charge in [-0.1, -0.05) is 18.9 Å². The number of urea groups is 1. The molecular formula is C21H32FN3O2. The minimum Gasteiger partial charge on any atom is -0.372 e. The molecule has 0 radical (unpaired) electrons. The number of ether oxygens (including phenoxy) is 1. The molecular weight excluding hydrogens is 345 g/mol. The first-order chi connectivity index (χ1) is 12.9. The predicted molar refractivity (Wildman–Crippen MR) is 105 cm³/mol. The highest BCUT2D eigenvalue weighted by Gasteiger charge is 2.24. The van der Waals surface area contributed by atoms with E-state index in [1.807, 2.05) is 37.9 Å². The van der Waals surface area contributed by atoms with Gasteiger partial charge < -0.3 is 19.9 Å². The van der Waals surface area contributed by atoms with Crippen LogP contribution in [0.5, 0.6) is 0 Å². The average molecular weight is 378 g/mol. The van der Waals surface area contributed by atoms with E-state index >= 15 is 0 Å². The molecule has 2 unspecified atom stereocenters. The van der Waals surface area contributed by atoms with E-state index < -0.39 is 0 Å². The molecule has 1 saturated carbocycles. The molecule has 3 rings (SSSR count). The molecule has 150 valence electrons. The summed E-state index contributed by atoms with van der Waals surface area (Å²) < 4.78 is 20.4. The Kier molecular flexibility index (Phi) is 6.58. The molecule has 1 saturated heterocycles. The van der Waals surface area contributed by atoms with Crippen LogP contribution in [-0.2, 0) is 11.3 Å². The molecule has 2 aliphatic rings. The summed E-state index contributed by atoms with van der Waals surface area (Å²) in [6.07, 6.45) is 5.13. The third-order valence-corrected chi connectivity index (χ3v) is 5.57. The number of hydrogen-bond donors (Lipinski definition) is 1. The van der Waals surface area contributed by atoms with Crippen molar-refractivity contribution in [3.8, 4) is 0 Å². The minimum absolute atomic E-state index is 0.0857. The third kappa shape index (κ3) is 5.34. The van der Waals surface area contributed by atoms with Gasteiger partial charge in [0.25, 0.3) is 0 Å². The zero-order chi connectivity index (χ0) is 19.4. The van der Waals surface area contributed by atoms with Crippen LogP contribution in [0.2, 0.25) is 0 Å². The standard InChI is InChI=1S/C21H32FN3O2/c1-15-12-25(13-16(2)27-15)20-9-8-18(10-19(20)22)11-23-21(26)24(3)14-17-6-4-5-7-17/h8-10,15-17H,4-7,11-14H2,1-3H3,(H,23,26). The number of hydrogen-bond acceptors (Lipinski definition) is 3. The van der Waals surface area contributed by atoms with Crippen molar-refractivity contribution in [3.05, 3.63) is 29.6 Å². The lowest BCUT2D eigenvalue weighted by Gasteiger charge is -2.37. The topological polar surface area (TPSA) is 44.8 Å². The SMILES string of the molecule is CC1CN(c2ccc(CNC(=O)N(C)CC3CCCC3)cc2F)CC(C)O1.